The molecule has 2 atom stereocenters. The standard InChI is InChI=1S/C19H18O5/c1-3-21-19(20)18-17(12-6-4-5-11(2)7-12)13-8-15-16(23-10-22-15)9-14(13)24-18/h4-9,17-18H,3,10H2,1-2H3/t17-,18-/m1/s1. The average molecular weight is 326 g/mol. The Balaban J connectivity index is 1.81. The van der Waals surface area contributed by atoms with Crippen LogP contribution >= 0.6 is 0 Å². The minimum atomic E-state index is -0.704. The van der Waals surface area contributed by atoms with Gasteiger partial charge in [0, 0.05) is 11.6 Å². The Bertz CT molecular complexity index is 798. The normalized spacial score (nSPS) is 20.4. The maximum absolute atomic E-state index is 12.4. The fourth-order valence-electron chi connectivity index (χ4n) is 3.28. The molecule has 2 aliphatic heterocycles. The van der Waals surface area contributed by atoms with Crippen LogP contribution < -0.4 is 14.2 Å². The van der Waals surface area contributed by atoms with E-state index < -0.39 is 6.10 Å². The molecular formula is C19H18O5. The first-order valence-electron chi connectivity index (χ1n) is 8.00. The van der Waals surface area contributed by atoms with Gasteiger partial charge in [0.15, 0.2) is 11.5 Å². The molecule has 2 aromatic rings. The molecule has 0 aliphatic carbocycles. The van der Waals surface area contributed by atoms with Gasteiger partial charge in [0.2, 0.25) is 12.9 Å². The Morgan fingerprint density at radius 1 is 1.17 bits per heavy atom. The van der Waals surface area contributed by atoms with Crippen molar-refractivity contribution >= 4 is 5.97 Å². The molecule has 2 aromatic carbocycles. The predicted octanol–water partition coefficient (Wildman–Crippen LogP) is 3.18. The van der Waals surface area contributed by atoms with E-state index in [9.17, 15) is 4.79 Å². The van der Waals surface area contributed by atoms with Crippen molar-refractivity contribution < 1.29 is 23.7 Å². The molecule has 4 rings (SSSR count). The first-order valence-corrected chi connectivity index (χ1v) is 8.00. The fraction of sp³-hybridized carbons (Fsp3) is 0.316. The Kier molecular flexibility index (Phi) is 3.56. The van der Waals surface area contributed by atoms with Crippen molar-refractivity contribution in [1.82, 2.24) is 0 Å². The Hall–Kier alpha value is -2.69. The molecule has 124 valence electrons. The predicted molar refractivity (Wildman–Crippen MR) is 86.6 cm³/mol. The lowest BCUT2D eigenvalue weighted by atomic mass is 9.87. The van der Waals surface area contributed by atoms with Crippen molar-refractivity contribution in [1.29, 1.82) is 0 Å². The minimum Gasteiger partial charge on any atom is -0.477 e. The molecule has 24 heavy (non-hydrogen) atoms. The number of aryl methyl sites for hydroxylation is 1. The van der Waals surface area contributed by atoms with E-state index in [0.717, 1.165) is 16.7 Å². The summed E-state index contributed by atoms with van der Waals surface area (Å²) < 4.78 is 22.0. The molecule has 5 heteroatoms. The highest BCUT2D eigenvalue weighted by Gasteiger charge is 2.42. The van der Waals surface area contributed by atoms with E-state index in [1.165, 1.54) is 0 Å². The zero-order valence-corrected chi connectivity index (χ0v) is 13.6. The summed E-state index contributed by atoms with van der Waals surface area (Å²) in [6.07, 6.45) is -0.704. The second-order valence-corrected chi connectivity index (χ2v) is 5.93. The van der Waals surface area contributed by atoms with Crippen molar-refractivity contribution in [2.45, 2.75) is 25.9 Å². The van der Waals surface area contributed by atoms with E-state index in [2.05, 4.69) is 6.07 Å². The van der Waals surface area contributed by atoms with Crippen molar-refractivity contribution in [3.63, 3.8) is 0 Å². The molecule has 2 aliphatic rings. The molecule has 2 heterocycles. The number of fused-ring (bicyclic) bond motifs is 2. The Morgan fingerprint density at radius 2 is 1.96 bits per heavy atom. The lowest BCUT2D eigenvalue weighted by Crippen LogP contribution is -2.31. The van der Waals surface area contributed by atoms with Gasteiger partial charge in [0.25, 0.3) is 0 Å². The van der Waals surface area contributed by atoms with Crippen molar-refractivity contribution in [2.24, 2.45) is 0 Å². The smallest absolute Gasteiger partial charge is 0.348 e. The van der Waals surface area contributed by atoms with Crippen LogP contribution in [0.4, 0.5) is 0 Å². The lowest BCUT2D eigenvalue weighted by molar-refractivity contribution is -0.151. The molecule has 0 amide bonds. The van der Waals surface area contributed by atoms with Gasteiger partial charge in [0.1, 0.15) is 5.75 Å². The summed E-state index contributed by atoms with van der Waals surface area (Å²) in [6, 6.07) is 11.8. The number of rotatable bonds is 3. The van der Waals surface area contributed by atoms with Crippen LogP contribution in [0, 0.1) is 6.92 Å². The topological polar surface area (TPSA) is 54.0 Å². The molecule has 0 N–H and O–H groups in total. The molecule has 5 nitrogen and oxygen atoms in total. The molecule has 0 radical (unpaired) electrons. The van der Waals surface area contributed by atoms with Crippen LogP contribution in [-0.4, -0.2) is 25.5 Å². The van der Waals surface area contributed by atoms with E-state index in [1.54, 1.807) is 13.0 Å². The lowest BCUT2D eigenvalue weighted by Gasteiger charge is -2.18. The van der Waals surface area contributed by atoms with Crippen LogP contribution in [0.5, 0.6) is 17.2 Å². The van der Waals surface area contributed by atoms with Crippen LogP contribution in [0.3, 0.4) is 0 Å². The molecule has 0 fully saturated rings. The largest absolute Gasteiger partial charge is 0.477 e. The number of benzene rings is 2. The van der Waals surface area contributed by atoms with Gasteiger partial charge in [-0.2, -0.15) is 0 Å². The fourth-order valence-corrected chi connectivity index (χ4v) is 3.28. The summed E-state index contributed by atoms with van der Waals surface area (Å²) in [5.41, 5.74) is 3.07. The highest BCUT2D eigenvalue weighted by molar-refractivity contribution is 5.80. The van der Waals surface area contributed by atoms with Crippen molar-refractivity contribution in [3.05, 3.63) is 53.1 Å². The Morgan fingerprint density at radius 3 is 2.71 bits per heavy atom. The molecule has 0 aromatic heterocycles. The number of ether oxygens (including phenoxy) is 4. The van der Waals surface area contributed by atoms with Crippen LogP contribution in [0.25, 0.3) is 0 Å². The number of carbonyl (C=O) groups is 1. The van der Waals surface area contributed by atoms with Crippen molar-refractivity contribution in [2.75, 3.05) is 13.4 Å². The first kappa shape index (κ1) is 14.9. The van der Waals surface area contributed by atoms with Gasteiger partial charge in [-0.25, -0.2) is 4.79 Å². The van der Waals surface area contributed by atoms with E-state index in [-0.39, 0.29) is 18.7 Å². The molecule has 0 spiro atoms. The zero-order valence-electron chi connectivity index (χ0n) is 13.6. The van der Waals surface area contributed by atoms with Gasteiger partial charge < -0.3 is 18.9 Å². The molecule has 0 bridgehead atoms. The summed E-state index contributed by atoms with van der Waals surface area (Å²) in [5.74, 6) is 1.38. The third-order valence-electron chi connectivity index (χ3n) is 4.32. The second kappa shape index (κ2) is 5.74. The average Bonchev–Trinajstić information content (AvgIpc) is 3.16. The highest BCUT2D eigenvalue weighted by atomic mass is 16.7. The SMILES string of the molecule is CCOC(=O)[C@@H]1Oc2cc3c(cc2[C@H]1c1cccc(C)c1)OCO3. The second-order valence-electron chi connectivity index (χ2n) is 5.93. The Labute approximate surface area is 140 Å². The third-order valence-corrected chi connectivity index (χ3v) is 4.32. The molecule has 0 saturated heterocycles. The highest BCUT2D eigenvalue weighted by Crippen LogP contribution is 2.48. The summed E-state index contributed by atoms with van der Waals surface area (Å²) in [7, 11) is 0. The summed E-state index contributed by atoms with van der Waals surface area (Å²) in [6.45, 7) is 4.34. The third kappa shape index (κ3) is 2.37. The monoisotopic (exact) mass is 326 g/mol. The van der Waals surface area contributed by atoms with Gasteiger partial charge in [-0.1, -0.05) is 29.8 Å². The van der Waals surface area contributed by atoms with E-state index in [1.807, 2.05) is 31.2 Å². The maximum atomic E-state index is 12.4. The van der Waals surface area contributed by atoms with Gasteiger partial charge in [-0.3, -0.25) is 0 Å². The summed E-state index contributed by atoms with van der Waals surface area (Å²) in [4.78, 5) is 12.4. The van der Waals surface area contributed by atoms with E-state index in [4.69, 9.17) is 18.9 Å². The van der Waals surface area contributed by atoms with Crippen LogP contribution in [-0.2, 0) is 9.53 Å². The van der Waals surface area contributed by atoms with Crippen LogP contribution in [0.2, 0.25) is 0 Å². The zero-order chi connectivity index (χ0) is 16.7. The maximum Gasteiger partial charge on any atom is 0.348 e. The minimum absolute atomic E-state index is 0.203. The van der Waals surface area contributed by atoms with Crippen molar-refractivity contribution in [3.8, 4) is 17.2 Å². The van der Waals surface area contributed by atoms with E-state index >= 15 is 0 Å². The molecular weight excluding hydrogens is 308 g/mol. The number of carbonyl (C=O) groups excluding carboxylic acids is 1. The molecule has 0 unspecified atom stereocenters. The van der Waals surface area contributed by atoms with E-state index in [0.29, 0.717) is 23.9 Å². The van der Waals surface area contributed by atoms with Gasteiger partial charge in [-0.05, 0) is 25.5 Å². The summed E-state index contributed by atoms with van der Waals surface area (Å²) in [5, 5.41) is 0. The number of hydrogen-bond donors (Lipinski definition) is 0. The molecule has 0 saturated carbocycles. The van der Waals surface area contributed by atoms with Gasteiger partial charge in [0.05, 0.1) is 12.5 Å². The van der Waals surface area contributed by atoms with Crippen LogP contribution in [0.15, 0.2) is 36.4 Å². The van der Waals surface area contributed by atoms with Crippen LogP contribution in [0.1, 0.15) is 29.5 Å². The van der Waals surface area contributed by atoms with Gasteiger partial charge >= 0.3 is 5.97 Å². The van der Waals surface area contributed by atoms with Gasteiger partial charge in [-0.15, -0.1) is 0 Å². The first-order chi connectivity index (χ1) is 11.7. The number of hydrogen-bond acceptors (Lipinski definition) is 5. The quantitative estimate of drug-likeness (QED) is 0.811. The summed E-state index contributed by atoms with van der Waals surface area (Å²) >= 11 is 0. The number of esters is 1.